The fourth-order valence-electron chi connectivity index (χ4n) is 3.30. The van der Waals surface area contributed by atoms with Gasteiger partial charge in [-0.15, -0.1) is 0 Å². The number of benzene rings is 2. The summed E-state index contributed by atoms with van der Waals surface area (Å²) < 4.78 is 5.58. The van der Waals surface area contributed by atoms with Gasteiger partial charge in [-0.2, -0.15) is 0 Å². The maximum Gasteiger partial charge on any atom is 0.260 e. The average molecular weight is 450 g/mol. The number of rotatable bonds is 7. The molecule has 0 aromatic heterocycles. The number of hydrogen-bond donors (Lipinski definition) is 1. The molecule has 2 amide bonds. The third kappa shape index (κ3) is 6.28. The van der Waals surface area contributed by atoms with Crippen molar-refractivity contribution < 1.29 is 14.3 Å². The van der Waals surface area contributed by atoms with E-state index in [2.05, 4.69) is 22.3 Å². The van der Waals surface area contributed by atoms with Crippen LogP contribution in [0.4, 0.5) is 5.69 Å². The molecule has 1 unspecified atom stereocenters. The van der Waals surface area contributed by atoms with Crippen LogP contribution in [0.3, 0.4) is 0 Å². The second-order valence-corrected chi connectivity index (χ2v) is 7.98. The zero-order valence-corrected chi connectivity index (χ0v) is 18.3. The number of nitrogens with zero attached hydrogens (tertiary/aromatic N) is 2. The van der Waals surface area contributed by atoms with E-state index < -0.39 is 6.10 Å². The quantitative estimate of drug-likeness (QED) is 0.700. The van der Waals surface area contributed by atoms with Gasteiger partial charge in [0.15, 0.2) is 6.10 Å². The molecule has 2 aromatic carbocycles. The molecule has 1 saturated heterocycles. The van der Waals surface area contributed by atoms with E-state index in [0.717, 1.165) is 13.1 Å². The molecule has 1 N–H and O–H groups in total. The molecule has 160 valence electrons. The molecule has 3 rings (SSSR count). The van der Waals surface area contributed by atoms with Crippen LogP contribution in [0.1, 0.15) is 13.3 Å². The number of para-hydroxylation sites is 1. The van der Waals surface area contributed by atoms with Crippen molar-refractivity contribution in [2.75, 3.05) is 37.6 Å². The van der Waals surface area contributed by atoms with E-state index in [0.29, 0.717) is 28.9 Å². The Balaban J connectivity index is 1.38. The molecule has 8 heteroatoms. The number of carbonyl (C=O) groups excluding carboxylic acids is 2. The Morgan fingerprint density at radius 1 is 1.03 bits per heavy atom. The zero-order chi connectivity index (χ0) is 21.5. The van der Waals surface area contributed by atoms with Crippen LogP contribution in [0.5, 0.6) is 5.75 Å². The smallest absolute Gasteiger partial charge is 0.260 e. The van der Waals surface area contributed by atoms with Gasteiger partial charge in [-0.1, -0.05) is 41.4 Å². The summed E-state index contributed by atoms with van der Waals surface area (Å²) >= 11 is 11.9. The summed E-state index contributed by atoms with van der Waals surface area (Å²) in [5, 5.41) is 3.62. The summed E-state index contributed by atoms with van der Waals surface area (Å²) in [5.41, 5.74) is 1.17. The van der Waals surface area contributed by atoms with Crippen molar-refractivity contribution in [2.24, 2.45) is 0 Å². The molecule has 1 aliphatic heterocycles. The summed E-state index contributed by atoms with van der Waals surface area (Å²) in [7, 11) is 0. The number of anilines is 1. The van der Waals surface area contributed by atoms with Crippen LogP contribution in [0.15, 0.2) is 48.5 Å². The van der Waals surface area contributed by atoms with Crippen LogP contribution in [0.2, 0.25) is 10.0 Å². The maximum absolute atomic E-state index is 12.5. The Labute approximate surface area is 186 Å². The lowest BCUT2D eigenvalue weighted by atomic mass is 10.2. The number of nitrogens with one attached hydrogen (secondary N) is 1. The lowest BCUT2D eigenvalue weighted by Gasteiger charge is -2.36. The highest BCUT2D eigenvalue weighted by Crippen LogP contribution is 2.25. The molecule has 0 bridgehead atoms. The first kappa shape index (κ1) is 22.2. The van der Waals surface area contributed by atoms with E-state index in [-0.39, 0.29) is 24.8 Å². The average Bonchev–Trinajstić information content (AvgIpc) is 2.73. The second kappa shape index (κ2) is 10.5. The minimum atomic E-state index is -0.732. The Morgan fingerprint density at radius 3 is 2.30 bits per heavy atom. The van der Waals surface area contributed by atoms with Crippen molar-refractivity contribution >= 4 is 40.7 Å². The van der Waals surface area contributed by atoms with E-state index in [4.69, 9.17) is 27.9 Å². The van der Waals surface area contributed by atoms with E-state index in [1.807, 2.05) is 23.1 Å². The highest BCUT2D eigenvalue weighted by atomic mass is 35.5. The lowest BCUT2D eigenvalue weighted by molar-refractivity contribution is -0.131. The summed E-state index contributed by atoms with van der Waals surface area (Å²) in [4.78, 5) is 28.8. The van der Waals surface area contributed by atoms with Crippen molar-refractivity contribution in [3.63, 3.8) is 0 Å². The van der Waals surface area contributed by atoms with Gasteiger partial charge >= 0.3 is 0 Å². The molecular formula is C22H25Cl2N3O3. The predicted octanol–water partition coefficient (Wildman–Crippen LogP) is 3.62. The summed E-state index contributed by atoms with van der Waals surface area (Å²) in [6.45, 7) is 4.85. The number of ether oxygens (including phenoxy) is 1. The van der Waals surface area contributed by atoms with E-state index >= 15 is 0 Å². The molecule has 1 heterocycles. The van der Waals surface area contributed by atoms with Gasteiger partial charge in [0.05, 0.1) is 0 Å². The molecule has 30 heavy (non-hydrogen) atoms. The third-order valence-corrected chi connectivity index (χ3v) is 5.35. The first-order chi connectivity index (χ1) is 14.4. The molecule has 0 saturated carbocycles. The lowest BCUT2D eigenvalue weighted by Crippen LogP contribution is -2.49. The summed E-state index contributed by atoms with van der Waals surface area (Å²) in [6.07, 6.45) is -0.476. The van der Waals surface area contributed by atoms with Gasteiger partial charge in [-0.3, -0.25) is 9.59 Å². The van der Waals surface area contributed by atoms with Gasteiger partial charge in [0.25, 0.3) is 5.91 Å². The zero-order valence-electron chi connectivity index (χ0n) is 16.8. The van der Waals surface area contributed by atoms with Crippen molar-refractivity contribution in [1.29, 1.82) is 0 Å². The first-order valence-electron chi connectivity index (χ1n) is 9.90. The molecule has 0 radical (unpaired) electrons. The minimum Gasteiger partial charge on any atom is -0.481 e. The molecule has 2 aromatic rings. The van der Waals surface area contributed by atoms with E-state index in [1.165, 1.54) is 5.69 Å². The van der Waals surface area contributed by atoms with Crippen molar-refractivity contribution in [2.45, 2.75) is 19.4 Å². The van der Waals surface area contributed by atoms with Gasteiger partial charge in [0.2, 0.25) is 5.91 Å². The molecule has 1 atom stereocenters. The van der Waals surface area contributed by atoms with E-state index in [9.17, 15) is 9.59 Å². The van der Waals surface area contributed by atoms with Crippen LogP contribution < -0.4 is 15.0 Å². The number of halogens is 2. The fraction of sp³-hybridized carbons (Fsp3) is 0.364. The Bertz CT molecular complexity index is 851. The van der Waals surface area contributed by atoms with Gasteiger partial charge in [-0.05, 0) is 37.3 Å². The predicted molar refractivity (Wildman–Crippen MR) is 119 cm³/mol. The van der Waals surface area contributed by atoms with Crippen molar-refractivity contribution in [3.8, 4) is 5.75 Å². The number of piperazine rings is 1. The van der Waals surface area contributed by atoms with Crippen LogP contribution in [-0.2, 0) is 9.59 Å². The summed E-state index contributed by atoms with van der Waals surface area (Å²) in [5.74, 6) is 0.161. The monoisotopic (exact) mass is 449 g/mol. The van der Waals surface area contributed by atoms with Crippen molar-refractivity contribution in [1.82, 2.24) is 10.2 Å². The maximum atomic E-state index is 12.5. The number of hydrogen-bond acceptors (Lipinski definition) is 4. The van der Waals surface area contributed by atoms with Crippen LogP contribution in [0.25, 0.3) is 0 Å². The number of amides is 2. The summed E-state index contributed by atoms with van der Waals surface area (Å²) in [6, 6.07) is 15.0. The molecule has 1 fully saturated rings. The first-order valence-corrected chi connectivity index (χ1v) is 10.7. The van der Waals surface area contributed by atoms with E-state index in [1.54, 1.807) is 25.1 Å². The van der Waals surface area contributed by atoms with Gasteiger partial charge < -0.3 is 19.9 Å². The van der Waals surface area contributed by atoms with Gasteiger partial charge in [0.1, 0.15) is 5.75 Å². The highest BCUT2D eigenvalue weighted by molar-refractivity contribution is 6.34. The van der Waals surface area contributed by atoms with Gasteiger partial charge in [0, 0.05) is 54.9 Å². The van der Waals surface area contributed by atoms with Gasteiger partial charge in [-0.25, -0.2) is 0 Å². The minimum absolute atomic E-state index is 0.0400. The second-order valence-electron chi connectivity index (χ2n) is 7.11. The van der Waals surface area contributed by atoms with Crippen LogP contribution >= 0.6 is 23.2 Å². The fourth-order valence-corrected chi connectivity index (χ4v) is 3.81. The Kier molecular flexibility index (Phi) is 7.82. The molecule has 0 aliphatic carbocycles. The van der Waals surface area contributed by atoms with Crippen LogP contribution in [-0.4, -0.2) is 55.5 Å². The van der Waals surface area contributed by atoms with Crippen LogP contribution in [0, 0.1) is 0 Å². The number of carbonyl (C=O) groups is 2. The Hall–Kier alpha value is -2.44. The Morgan fingerprint density at radius 2 is 1.67 bits per heavy atom. The third-order valence-electron chi connectivity index (χ3n) is 4.91. The SMILES string of the molecule is CC(Oc1cc(Cl)cc(Cl)c1)C(=O)NCCC(=O)N1CCN(c2ccccc2)CC1. The standard InChI is InChI=1S/C22H25Cl2N3O3/c1-16(30-20-14-17(23)13-18(24)15-20)22(29)25-8-7-21(28)27-11-9-26(10-12-27)19-5-3-2-4-6-19/h2-6,13-16H,7-12H2,1H3,(H,25,29). The molecule has 1 aliphatic rings. The topological polar surface area (TPSA) is 61.9 Å². The molecule has 0 spiro atoms. The van der Waals surface area contributed by atoms with Crippen molar-refractivity contribution in [3.05, 3.63) is 58.6 Å². The molecule has 6 nitrogen and oxygen atoms in total. The normalized spacial score (nSPS) is 14.9. The largest absolute Gasteiger partial charge is 0.481 e. The highest BCUT2D eigenvalue weighted by Gasteiger charge is 2.21. The molecular weight excluding hydrogens is 425 g/mol.